The van der Waals surface area contributed by atoms with Gasteiger partial charge in [0.1, 0.15) is 11.6 Å². The Morgan fingerprint density at radius 3 is 2.67 bits per heavy atom. The van der Waals surface area contributed by atoms with Gasteiger partial charge in [-0.15, -0.1) is 0 Å². The highest BCUT2D eigenvalue weighted by molar-refractivity contribution is 5.80. The Morgan fingerprint density at radius 2 is 1.93 bits per heavy atom. The summed E-state index contributed by atoms with van der Waals surface area (Å²) in [5.74, 6) is -0.635. The first-order chi connectivity index (χ1) is 14.5. The van der Waals surface area contributed by atoms with Crippen molar-refractivity contribution in [3.63, 3.8) is 0 Å². The van der Waals surface area contributed by atoms with Crippen LogP contribution < -0.4 is 10.6 Å². The second-order valence-electron chi connectivity index (χ2n) is 7.40. The van der Waals surface area contributed by atoms with Gasteiger partial charge in [-0.1, -0.05) is 30.3 Å². The van der Waals surface area contributed by atoms with E-state index in [0.717, 1.165) is 43.2 Å². The van der Waals surface area contributed by atoms with Crippen LogP contribution in [-0.2, 0) is 22.6 Å². The quantitative estimate of drug-likeness (QED) is 0.526. The summed E-state index contributed by atoms with van der Waals surface area (Å²) in [4.78, 5) is 4.20. The number of guanidine groups is 1. The Balaban J connectivity index is 1.51. The minimum atomic E-state index is -0.591. The van der Waals surface area contributed by atoms with Crippen LogP contribution in [0.5, 0.6) is 0 Å². The summed E-state index contributed by atoms with van der Waals surface area (Å²) >= 11 is 0. The zero-order chi connectivity index (χ0) is 21.3. The second kappa shape index (κ2) is 11.0. The lowest BCUT2D eigenvalue weighted by Gasteiger charge is -2.22. The molecular formula is C23H29F2N3O2. The van der Waals surface area contributed by atoms with Crippen LogP contribution in [-0.4, -0.2) is 32.3 Å². The first kappa shape index (κ1) is 22.2. The van der Waals surface area contributed by atoms with Crippen molar-refractivity contribution in [2.45, 2.75) is 45.1 Å². The van der Waals surface area contributed by atoms with E-state index in [4.69, 9.17) is 9.47 Å². The molecule has 162 valence electrons. The topological polar surface area (TPSA) is 54.9 Å². The van der Waals surface area contributed by atoms with Crippen molar-refractivity contribution < 1.29 is 18.3 Å². The molecule has 1 heterocycles. The highest BCUT2D eigenvalue weighted by Crippen LogP contribution is 2.18. The molecule has 2 N–H and O–H groups in total. The average molecular weight is 418 g/mol. The van der Waals surface area contributed by atoms with E-state index >= 15 is 0 Å². The fraction of sp³-hybridized carbons (Fsp3) is 0.435. The number of aliphatic imine (C=N–C) groups is 1. The molecule has 0 amide bonds. The molecule has 2 aromatic rings. The third kappa shape index (κ3) is 6.50. The Labute approximate surface area is 176 Å². The van der Waals surface area contributed by atoms with E-state index in [1.54, 1.807) is 14.0 Å². The Bertz CT molecular complexity index is 854. The van der Waals surface area contributed by atoms with Crippen LogP contribution >= 0.6 is 0 Å². The monoisotopic (exact) mass is 417 g/mol. The van der Waals surface area contributed by atoms with Crippen molar-refractivity contribution in [1.29, 1.82) is 0 Å². The maximum atomic E-state index is 14.0. The first-order valence-electron chi connectivity index (χ1n) is 10.2. The number of rotatable bonds is 7. The number of benzene rings is 2. The summed E-state index contributed by atoms with van der Waals surface area (Å²) in [5, 5.41) is 6.37. The summed E-state index contributed by atoms with van der Waals surface area (Å²) in [5.41, 5.74) is 2.59. The number of nitrogens with one attached hydrogen (secondary N) is 2. The lowest BCUT2D eigenvalue weighted by molar-refractivity contribution is -0.0390. The molecule has 0 saturated carbocycles. The smallest absolute Gasteiger partial charge is 0.191 e. The third-order valence-electron chi connectivity index (χ3n) is 5.11. The number of ether oxygens (including phenoxy) is 2. The van der Waals surface area contributed by atoms with Gasteiger partial charge in [-0.2, -0.15) is 0 Å². The first-order valence-corrected chi connectivity index (χ1v) is 10.2. The molecule has 0 bridgehead atoms. The molecule has 30 heavy (non-hydrogen) atoms. The van der Waals surface area contributed by atoms with Crippen molar-refractivity contribution >= 4 is 5.96 Å². The number of halogens is 2. The molecule has 0 aromatic heterocycles. The van der Waals surface area contributed by atoms with E-state index in [1.165, 1.54) is 12.1 Å². The summed E-state index contributed by atoms with van der Waals surface area (Å²) in [7, 11) is 1.65. The molecule has 3 rings (SSSR count). The molecule has 1 fully saturated rings. The molecule has 1 aliphatic heterocycles. The van der Waals surface area contributed by atoms with Gasteiger partial charge in [0.25, 0.3) is 0 Å². The molecule has 1 atom stereocenters. The maximum Gasteiger partial charge on any atom is 0.191 e. The van der Waals surface area contributed by atoms with E-state index < -0.39 is 11.6 Å². The molecule has 7 heteroatoms. The van der Waals surface area contributed by atoms with Gasteiger partial charge in [-0.25, -0.2) is 8.78 Å². The fourth-order valence-corrected chi connectivity index (χ4v) is 3.40. The lowest BCUT2D eigenvalue weighted by atomic mass is 10.1. The number of hydrogen-bond donors (Lipinski definition) is 2. The predicted octanol–water partition coefficient (Wildman–Crippen LogP) is 4.09. The SMILES string of the molecule is CN=C(NCc1cccc(COC2CCOCC2)c1)NC(C)c1ccc(F)cc1F. The highest BCUT2D eigenvalue weighted by atomic mass is 19.1. The molecule has 5 nitrogen and oxygen atoms in total. The lowest BCUT2D eigenvalue weighted by Crippen LogP contribution is -2.38. The van der Waals surface area contributed by atoms with Crippen LogP contribution in [0.4, 0.5) is 8.78 Å². The van der Waals surface area contributed by atoms with Crippen molar-refractivity contribution in [2.24, 2.45) is 4.99 Å². The van der Waals surface area contributed by atoms with Crippen LogP contribution in [0.2, 0.25) is 0 Å². The van der Waals surface area contributed by atoms with Crippen molar-refractivity contribution in [3.8, 4) is 0 Å². The Hall–Kier alpha value is -2.51. The second-order valence-corrected chi connectivity index (χ2v) is 7.40. The van der Waals surface area contributed by atoms with Crippen molar-refractivity contribution in [3.05, 3.63) is 70.8 Å². The van der Waals surface area contributed by atoms with E-state index in [9.17, 15) is 8.78 Å². The van der Waals surface area contributed by atoms with Crippen LogP contribution in [0, 0.1) is 11.6 Å². The van der Waals surface area contributed by atoms with Gasteiger partial charge in [-0.3, -0.25) is 4.99 Å². The number of nitrogens with zero attached hydrogens (tertiary/aromatic N) is 1. The largest absolute Gasteiger partial charge is 0.381 e. The summed E-state index contributed by atoms with van der Waals surface area (Å²) in [6.45, 7) is 4.47. The third-order valence-corrected chi connectivity index (χ3v) is 5.11. The van der Waals surface area contributed by atoms with Crippen molar-refractivity contribution in [1.82, 2.24) is 10.6 Å². The normalized spacial score (nSPS) is 16.3. The molecular weight excluding hydrogens is 388 g/mol. The maximum absolute atomic E-state index is 14.0. The van der Waals surface area contributed by atoms with Crippen LogP contribution in [0.1, 0.15) is 42.5 Å². The van der Waals surface area contributed by atoms with E-state index in [1.807, 2.05) is 12.1 Å². The van der Waals surface area contributed by atoms with Crippen LogP contribution in [0.15, 0.2) is 47.5 Å². The standard InChI is InChI=1S/C23H29F2N3O2/c1-16(21-7-6-19(24)13-22(21)25)28-23(26-2)27-14-17-4-3-5-18(12-17)15-30-20-8-10-29-11-9-20/h3-7,12-13,16,20H,8-11,14-15H2,1-2H3,(H2,26,27,28). The van der Waals surface area contributed by atoms with E-state index in [0.29, 0.717) is 24.7 Å². The minimum absolute atomic E-state index is 0.261. The molecule has 1 saturated heterocycles. The van der Waals surface area contributed by atoms with E-state index in [2.05, 4.69) is 27.8 Å². The Morgan fingerprint density at radius 1 is 1.17 bits per heavy atom. The molecule has 2 aromatic carbocycles. The van der Waals surface area contributed by atoms with Crippen molar-refractivity contribution in [2.75, 3.05) is 20.3 Å². The van der Waals surface area contributed by atoms with E-state index in [-0.39, 0.29) is 12.1 Å². The van der Waals surface area contributed by atoms with Gasteiger partial charge in [0.2, 0.25) is 0 Å². The molecule has 0 spiro atoms. The van der Waals surface area contributed by atoms with Crippen LogP contribution in [0.25, 0.3) is 0 Å². The van der Waals surface area contributed by atoms with Crippen LogP contribution in [0.3, 0.4) is 0 Å². The predicted molar refractivity (Wildman–Crippen MR) is 113 cm³/mol. The van der Waals surface area contributed by atoms with Gasteiger partial charge >= 0.3 is 0 Å². The van der Waals surface area contributed by atoms with Gasteiger partial charge in [0.05, 0.1) is 18.8 Å². The summed E-state index contributed by atoms with van der Waals surface area (Å²) in [6, 6.07) is 11.4. The molecule has 1 aliphatic rings. The van der Waals surface area contributed by atoms with Gasteiger partial charge in [-0.05, 0) is 37.0 Å². The molecule has 0 radical (unpaired) electrons. The summed E-state index contributed by atoms with van der Waals surface area (Å²) < 4.78 is 38.5. The zero-order valence-electron chi connectivity index (χ0n) is 17.5. The average Bonchev–Trinajstić information content (AvgIpc) is 2.76. The fourth-order valence-electron chi connectivity index (χ4n) is 3.40. The number of hydrogen-bond acceptors (Lipinski definition) is 3. The van der Waals surface area contributed by atoms with Gasteiger partial charge in [0, 0.05) is 38.4 Å². The highest BCUT2D eigenvalue weighted by Gasteiger charge is 2.15. The van der Waals surface area contributed by atoms with Gasteiger partial charge < -0.3 is 20.1 Å². The van der Waals surface area contributed by atoms with Gasteiger partial charge in [0.15, 0.2) is 5.96 Å². The zero-order valence-corrected chi connectivity index (χ0v) is 17.5. The summed E-state index contributed by atoms with van der Waals surface area (Å²) in [6.07, 6.45) is 2.14. The minimum Gasteiger partial charge on any atom is -0.381 e. The Kier molecular flexibility index (Phi) is 8.16. The molecule has 0 aliphatic carbocycles. The molecule has 1 unspecified atom stereocenters.